The van der Waals surface area contributed by atoms with Crippen molar-refractivity contribution in [3.63, 3.8) is 0 Å². The molecule has 0 atom stereocenters. The number of halogens is 1. The minimum atomic E-state index is -0.378. The molecule has 1 saturated carbocycles. The molecule has 8 heteroatoms. The van der Waals surface area contributed by atoms with E-state index < -0.39 is 0 Å². The van der Waals surface area contributed by atoms with Crippen LogP contribution in [0.15, 0.2) is 47.4 Å². The molecule has 1 fully saturated rings. The van der Waals surface area contributed by atoms with E-state index in [2.05, 4.69) is 27.8 Å². The first kappa shape index (κ1) is 22.0. The van der Waals surface area contributed by atoms with Crippen molar-refractivity contribution in [2.24, 2.45) is 0 Å². The molecule has 4 aromatic rings. The molecule has 2 aromatic heterocycles. The Morgan fingerprint density at radius 2 is 1.94 bits per heavy atom. The number of anilines is 2. The maximum atomic E-state index is 14.7. The van der Waals surface area contributed by atoms with Gasteiger partial charge in [0.1, 0.15) is 11.2 Å². The second kappa shape index (κ2) is 8.02. The van der Waals surface area contributed by atoms with Gasteiger partial charge in [0.25, 0.3) is 5.56 Å². The zero-order chi connectivity index (χ0) is 24.3. The van der Waals surface area contributed by atoms with E-state index in [1.165, 1.54) is 17.2 Å². The summed E-state index contributed by atoms with van der Waals surface area (Å²) >= 11 is 0. The van der Waals surface area contributed by atoms with Gasteiger partial charge in [0.15, 0.2) is 5.65 Å². The van der Waals surface area contributed by atoms with Gasteiger partial charge in [-0.1, -0.05) is 26.8 Å². The van der Waals surface area contributed by atoms with Crippen molar-refractivity contribution < 1.29 is 4.39 Å². The van der Waals surface area contributed by atoms with E-state index in [0.29, 0.717) is 22.5 Å². The van der Waals surface area contributed by atoms with Crippen molar-refractivity contribution in [3.05, 3.63) is 75.5 Å². The summed E-state index contributed by atoms with van der Waals surface area (Å²) in [5, 5.41) is 7.17. The molecule has 1 aliphatic heterocycles. The fourth-order valence-corrected chi connectivity index (χ4v) is 4.86. The summed E-state index contributed by atoms with van der Waals surface area (Å²) < 4.78 is 18.3. The van der Waals surface area contributed by atoms with Crippen LogP contribution in [0, 0.1) is 5.82 Å². The van der Waals surface area contributed by atoms with Crippen molar-refractivity contribution in [2.45, 2.75) is 58.0 Å². The zero-order valence-electron chi connectivity index (χ0n) is 20.2. The molecule has 35 heavy (non-hydrogen) atoms. The SMILES string of the molecule is CC(C)(C)c1cc(-n2c3nc(Nc4ccc5c(c4)CNCC5)ncc3c(=O)n2C2CC2)ccc1F. The van der Waals surface area contributed by atoms with Gasteiger partial charge >= 0.3 is 0 Å². The molecule has 7 nitrogen and oxygen atoms in total. The monoisotopic (exact) mass is 472 g/mol. The Kier molecular flexibility index (Phi) is 5.03. The number of benzene rings is 2. The molecule has 1 aliphatic carbocycles. The first-order valence-electron chi connectivity index (χ1n) is 12.2. The summed E-state index contributed by atoms with van der Waals surface area (Å²) in [7, 11) is 0. The zero-order valence-corrected chi connectivity index (χ0v) is 20.2. The summed E-state index contributed by atoms with van der Waals surface area (Å²) in [4.78, 5) is 22.6. The van der Waals surface area contributed by atoms with Crippen LogP contribution in [0.4, 0.5) is 16.0 Å². The third-order valence-corrected chi connectivity index (χ3v) is 6.87. The van der Waals surface area contributed by atoms with Crippen molar-refractivity contribution in [1.82, 2.24) is 24.6 Å². The fourth-order valence-electron chi connectivity index (χ4n) is 4.86. The van der Waals surface area contributed by atoms with Gasteiger partial charge in [-0.3, -0.25) is 4.79 Å². The van der Waals surface area contributed by atoms with Gasteiger partial charge in [0.05, 0.1) is 11.7 Å². The normalized spacial score (nSPS) is 15.9. The molecule has 3 heterocycles. The number of nitrogens with zero attached hydrogens (tertiary/aromatic N) is 4. The van der Waals surface area contributed by atoms with Crippen molar-refractivity contribution in [2.75, 3.05) is 11.9 Å². The third-order valence-electron chi connectivity index (χ3n) is 6.87. The number of hydrogen-bond donors (Lipinski definition) is 2. The molecule has 2 N–H and O–H groups in total. The highest BCUT2D eigenvalue weighted by Crippen LogP contribution is 2.36. The second-order valence-electron chi connectivity index (χ2n) is 10.6. The van der Waals surface area contributed by atoms with Crippen LogP contribution < -0.4 is 16.2 Å². The summed E-state index contributed by atoms with van der Waals surface area (Å²) in [5.74, 6) is 0.165. The number of nitrogens with one attached hydrogen (secondary N) is 2. The summed E-state index contributed by atoms with van der Waals surface area (Å²) in [5.41, 5.74) is 4.87. The maximum Gasteiger partial charge on any atom is 0.278 e. The Morgan fingerprint density at radius 1 is 1.11 bits per heavy atom. The van der Waals surface area contributed by atoms with Crippen molar-refractivity contribution in [3.8, 4) is 5.69 Å². The molecule has 0 spiro atoms. The van der Waals surface area contributed by atoms with E-state index in [9.17, 15) is 9.18 Å². The molecular weight excluding hydrogens is 443 g/mol. The summed E-state index contributed by atoms with van der Waals surface area (Å²) in [6, 6.07) is 11.4. The third kappa shape index (κ3) is 3.91. The number of hydrogen-bond acceptors (Lipinski definition) is 5. The molecule has 2 aromatic carbocycles. The average molecular weight is 473 g/mol. The minimum Gasteiger partial charge on any atom is -0.324 e. The molecule has 2 aliphatic rings. The Hall–Kier alpha value is -3.52. The van der Waals surface area contributed by atoms with Crippen LogP contribution in [0.5, 0.6) is 0 Å². The maximum absolute atomic E-state index is 14.7. The van der Waals surface area contributed by atoms with Gasteiger partial charge in [-0.15, -0.1) is 0 Å². The number of aromatic nitrogens is 4. The molecule has 0 bridgehead atoms. The smallest absolute Gasteiger partial charge is 0.278 e. The van der Waals surface area contributed by atoms with Crippen molar-refractivity contribution in [1.29, 1.82) is 0 Å². The van der Waals surface area contributed by atoms with E-state index in [-0.39, 0.29) is 22.8 Å². The molecule has 0 amide bonds. The predicted octanol–water partition coefficient (Wildman–Crippen LogP) is 4.74. The number of fused-ring (bicyclic) bond motifs is 2. The largest absolute Gasteiger partial charge is 0.324 e. The topological polar surface area (TPSA) is 76.8 Å². The minimum absolute atomic E-state index is 0.115. The van der Waals surface area contributed by atoms with Gasteiger partial charge in [0, 0.05) is 18.4 Å². The van der Waals surface area contributed by atoms with Crippen molar-refractivity contribution >= 4 is 22.7 Å². The Morgan fingerprint density at radius 3 is 2.71 bits per heavy atom. The van der Waals surface area contributed by atoms with E-state index in [4.69, 9.17) is 4.98 Å². The Labute approximate surface area is 203 Å². The summed E-state index contributed by atoms with van der Waals surface area (Å²) in [6.45, 7) is 7.78. The molecule has 0 saturated heterocycles. The highest BCUT2D eigenvalue weighted by Gasteiger charge is 2.31. The molecule has 180 valence electrons. The van der Waals surface area contributed by atoms with Crippen LogP contribution in [-0.4, -0.2) is 25.9 Å². The van der Waals surface area contributed by atoms with Crippen LogP contribution >= 0.6 is 0 Å². The first-order valence-corrected chi connectivity index (χ1v) is 12.2. The average Bonchev–Trinajstić information content (AvgIpc) is 3.63. The highest BCUT2D eigenvalue weighted by atomic mass is 19.1. The van der Waals surface area contributed by atoms with Crippen LogP contribution in [0.2, 0.25) is 0 Å². The predicted molar refractivity (Wildman–Crippen MR) is 135 cm³/mol. The van der Waals surface area contributed by atoms with Crippen LogP contribution in [0.3, 0.4) is 0 Å². The molecule has 0 radical (unpaired) electrons. The fraction of sp³-hybridized carbons (Fsp3) is 0.370. The van der Waals surface area contributed by atoms with Crippen LogP contribution in [0.25, 0.3) is 16.7 Å². The quantitative estimate of drug-likeness (QED) is 0.449. The van der Waals surface area contributed by atoms with E-state index >= 15 is 0 Å². The van der Waals surface area contributed by atoms with Gasteiger partial charge < -0.3 is 10.6 Å². The lowest BCUT2D eigenvalue weighted by Crippen LogP contribution is -2.23. The molecule has 6 rings (SSSR count). The van der Waals surface area contributed by atoms with Gasteiger partial charge in [0.2, 0.25) is 5.95 Å². The lowest BCUT2D eigenvalue weighted by Gasteiger charge is -2.21. The van der Waals surface area contributed by atoms with Crippen LogP contribution in [-0.2, 0) is 18.4 Å². The van der Waals surface area contributed by atoms with Gasteiger partial charge in [-0.05, 0) is 78.2 Å². The molecule has 0 unspecified atom stereocenters. The van der Waals surface area contributed by atoms with E-state index in [1.807, 2.05) is 37.6 Å². The summed E-state index contributed by atoms with van der Waals surface area (Å²) in [6.07, 6.45) is 4.49. The molecular formula is C27H29FN6O. The van der Waals surface area contributed by atoms with Crippen LogP contribution in [0.1, 0.15) is 56.3 Å². The van der Waals surface area contributed by atoms with E-state index in [1.54, 1.807) is 16.9 Å². The lowest BCUT2D eigenvalue weighted by molar-refractivity contribution is 0.518. The highest BCUT2D eigenvalue weighted by molar-refractivity contribution is 5.77. The Balaban J connectivity index is 1.48. The second-order valence-corrected chi connectivity index (χ2v) is 10.6. The first-order chi connectivity index (χ1) is 16.8. The van der Waals surface area contributed by atoms with Gasteiger partial charge in [-0.2, -0.15) is 4.98 Å². The number of rotatable bonds is 4. The Bertz CT molecular complexity index is 1510. The van der Waals surface area contributed by atoms with Gasteiger partial charge in [-0.25, -0.2) is 18.7 Å². The van der Waals surface area contributed by atoms with E-state index in [0.717, 1.165) is 43.7 Å². The lowest BCUT2D eigenvalue weighted by atomic mass is 9.86. The standard InChI is InChI=1S/C27H29FN6O/c1-27(2,3)22-13-20(8-9-23(22)28)33-24-21(25(35)34(33)19-6-7-19)15-30-26(32-24)31-18-5-4-16-10-11-29-14-17(16)12-18/h4-5,8-9,12-13,15,19,29H,6-7,10-11,14H2,1-3H3,(H,30,31,32).